The van der Waals surface area contributed by atoms with Crippen molar-refractivity contribution in [2.75, 3.05) is 113 Å². The third-order valence-corrected chi connectivity index (χ3v) is 20.6. The molecule has 0 fully saturated rings. The summed E-state index contributed by atoms with van der Waals surface area (Å²) in [6, 6.07) is 38.0. The van der Waals surface area contributed by atoms with Gasteiger partial charge in [-0.15, -0.1) is 0 Å². The molecule has 0 spiro atoms. The summed E-state index contributed by atoms with van der Waals surface area (Å²) >= 11 is 6.58. The van der Waals surface area contributed by atoms with Crippen LogP contribution in [0.25, 0.3) is 87.2 Å². The van der Waals surface area contributed by atoms with Gasteiger partial charge in [0.15, 0.2) is 0 Å². The van der Waals surface area contributed by atoms with E-state index in [0.29, 0.717) is 109 Å². The number of carbonyl (C=O) groups excluding carboxylic acids is 4. The second-order valence-electron chi connectivity index (χ2n) is 29.1. The van der Waals surface area contributed by atoms with Crippen LogP contribution in [0.2, 0.25) is 0 Å². The Balaban J connectivity index is 0.000000218. The van der Waals surface area contributed by atoms with E-state index in [1.807, 2.05) is 106 Å². The van der Waals surface area contributed by atoms with Crippen molar-refractivity contribution in [1.29, 1.82) is 0 Å². The minimum absolute atomic E-state index is 0. The number of carboxylic acids is 1. The Bertz CT molecular complexity index is 6360. The Morgan fingerprint density at radius 3 is 0.952 bits per heavy atom. The number of aryl methyl sites for hydroxylation is 5. The van der Waals surface area contributed by atoms with Gasteiger partial charge in [-0.05, 0) is 200 Å². The summed E-state index contributed by atoms with van der Waals surface area (Å²) in [5.41, 5.74) is 8.52. The van der Waals surface area contributed by atoms with E-state index in [-0.39, 0.29) is 46.7 Å². The number of fused-ring (bicyclic) bond motifs is 5. The van der Waals surface area contributed by atoms with Crippen molar-refractivity contribution < 1.29 is 71.7 Å². The van der Waals surface area contributed by atoms with E-state index in [9.17, 15) is 53.1 Å². The number of esters is 3. The average molecular weight is 1800 g/mol. The zero-order chi connectivity index (χ0) is 92.3. The van der Waals surface area contributed by atoms with Gasteiger partial charge in [-0.3, -0.25) is 28.8 Å². The number of benzene rings is 8. The first-order valence-corrected chi connectivity index (χ1v) is 39.4. The number of ether oxygens (including phenoxy) is 9. The molecule has 0 aliphatic rings. The van der Waals surface area contributed by atoms with Crippen LogP contribution in [-0.4, -0.2) is 193 Å². The molecule has 0 bridgehead atoms. The quantitative estimate of drug-likeness (QED) is 0.0276. The number of methoxy groups -OCH3 is 9. The average Bonchev–Trinajstić information content (AvgIpc) is 0.764. The van der Waals surface area contributed by atoms with Gasteiger partial charge in [0.05, 0.1) is 103 Å². The Kier molecular flexibility index (Phi) is 35.4. The summed E-state index contributed by atoms with van der Waals surface area (Å²) in [7, 11) is 39.8. The second-order valence-corrected chi connectivity index (χ2v) is 30.2. The van der Waals surface area contributed by atoms with E-state index < -0.39 is 23.9 Å². The minimum atomic E-state index is -1.07. The van der Waals surface area contributed by atoms with Gasteiger partial charge in [0.2, 0.25) is 0 Å². The number of pyridine rings is 5. The standard InChI is InChI=1S/C23H27N3O4.C23H26N2O5.C22H24N2O5.C12H10BrNO3.C12H11NO3.CH4.BHNS/c1-24-22(27)14-7-8-16-17(9-14)23(28)26(4)13-18(16)15-10-20(29-5)19(12-25(2)3)21(11-15)30-6;1-24(2)12-19-20(28-4)10-15(11-21(19)29-5)18-13-25(3)22(26)17-9-14(23(27)30-6)7-8-16(17)18;1-23(2)11-18-19(28-4)9-14(10-20(18)29-5)17-12-24(3)21(25)16-8-13(22(26)27)6-7-15(16)17;1-14-6-10(13)8-4-3-7(12(16)17-2)5-9(8)11(14)15;1-13-6-5-8-3-4-9(12(15)16-2)7-10(8)11(13)14;;1-2-3/h7-11,13H,12H2,1-6H3,(H,24,27);7-11,13H,12H2,1-6H3;6-10,12H,11H2,1-5H3,(H,26,27);3-6H,1-2H3;3-7H,1-2H3;1H4;3H. The molecule has 33 heteroatoms. The molecule has 2 N–H and O–H groups in total. The number of aromatic nitrogens is 5. The molecule has 0 aliphatic heterocycles. The van der Waals surface area contributed by atoms with Crippen LogP contribution < -0.4 is 61.5 Å². The Morgan fingerprint density at radius 1 is 0.389 bits per heavy atom. The van der Waals surface area contributed by atoms with Crippen LogP contribution in [-0.2, 0) is 69.1 Å². The van der Waals surface area contributed by atoms with Crippen LogP contribution in [0.1, 0.15) is 75.9 Å². The van der Waals surface area contributed by atoms with Crippen LogP contribution in [0.4, 0.5) is 0 Å². The molecule has 1 radical (unpaired) electrons. The molecule has 0 unspecified atom stereocenters. The summed E-state index contributed by atoms with van der Waals surface area (Å²) < 4.78 is 58.8. The van der Waals surface area contributed by atoms with E-state index >= 15 is 0 Å². The van der Waals surface area contributed by atoms with Crippen LogP contribution in [0.15, 0.2) is 197 Å². The van der Waals surface area contributed by atoms with Crippen LogP contribution in [0.3, 0.4) is 0 Å². The van der Waals surface area contributed by atoms with Crippen molar-refractivity contribution in [2.24, 2.45) is 39.5 Å². The van der Waals surface area contributed by atoms with Crippen molar-refractivity contribution in [3.63, 3.8) is 0 Å². The molecular weight excluding hydrogens is 1700 g/mol. The van der Waals surface area contributed by atoms with Gasteiger partial charge in [0.1, 0.15) is 34.5 Å². The number of carboxylic acid groups (broad SMARTS) is 1. The second kappa shape index (κ2) is 44.7. The van der Waals surface area contributed by atoms with Crippen LogP contribution in [0.5, 0.6) is 34.5 Å². The van der Waals surface area contributed by atoms with Crippen molar-refractivity contribution >= 4 is 120 Å². The topological polar surface area (TPSA) is 333 Å². The molecule has 0 aliphatic carbocycles. The first kappa shape index (κ1) is 99.6. The summed E-state index contributed by atoms with van der Waals surface area (Å²) in [4.78, 5) is 126. The monoisotopic (exact) mass is 1800 g/mol. The van der Waals surface area contributed by atoms with Crippen molar-refractivity contribution in [2.45, 2.75) is 27.1 Å². The van der Waals surface area contributed by atoms with Crippen molar-refractivity contribution in [1.82, 2.24) is 42.9 Å². The molecule has 1 amide bonds. The van der Waals surface area contributed by atoms with Gasteiger partial charge in [-0.2, -0.15) is 0 Å². The number of carbonyl (C=O) groups is 5. The number of aromatic carboxylic acids is 1. The van der Waals surface area contributed by atoms with Gasteiger partial charge in [-0.25, -0.2) is 19.2 Å². The number of thiol groups is 1. The van der Waals surface area contributed by atoms with E-state index in [0.717, 1.165) is 76.1 Å². The molecule has 5 heterocycles. The molecule has 5 aromatic heterocycles. The van der Waals surface area contributed by atoms with E-state index in [1.165, 1.54) is 56.3 Å². The Labute approximate surface area is 743 Å². The number of nitrogens with zero attached hydrogens (tertiary/aromatic N) is 9. The van der Waals surface area contributed by atoms with Crippen LogP contribution in [0, 0.1) is 0 Å². The Hall–Kier alpha value is -13.5. The number of hydrogen-bond donors (Lipinski definition) is 3. The number of rotatable bonds is 20. The summed E-state index contributed by atoms with van der Waals surface area (Å²) in [5, 5.41) is 17.9. The molecule has 13 rings (SSSR count). The third-order valence-electron chi connectivity index (χ3n) is 19.9. The SMILES string of the molecule is C.CNC(=O)c1ccc2c(-c3cc(OC)c(CN(C)C)c(OC)c3)cn(C)c(=O)c2c1.COC(=O)c1ccc2c(-c3cc(OC)c(CN(C)C)c(OC)c3)cn(C)c(=O)c2c1.COC(=O)c1ccc2c(Br)cn(C)c(=O)c2c1.COC(=O)c1ccc2ccn(C)c(=O)c2c1.COc1cc(-c2cn(C)c(=O)c3cc(C(=O)O)ccc23)cc(OC)c1CN(C)C.[B]=NS. The zero-order valence-corrected chi connectivity index (χ0v) is 75.8. The zero-order valence-electron chi connectivity index (χ0n) is 73.3. The molecule has 126 heavy (non-hydrogen) atoms. The van der Waals surface area contributed by atoms with Crippen LogP contribution >= 0.6 is 28.7 Å². The third kappa shape index (κ3) is 22.9. The number of halogens is 1. The summed E-state index contributed by atoms with van der Waals surface area (Å²) in [6.45, 7) is 1.96. The first-order valence-electron chi connectivity index (χ1n) is 38.2. The molecule has 0 saturated heterocycles. The molecule has 30 nitrogen and oxygen atoms in total. The van der Waals surface area contributed by atoms with Gasteiger partial charge >= 0.3 is 48.6 Å². The first-order chi connectivity index (χ1) is 59.4. The summed E-state index contributed by atoms with van der Waals surface area (Å²) in [5.74, 6) is 1.50. The van der Waals surface area contributed by atoms with Gasteiger partial charge in [0, 0.05) is 152 Å². The maximum absolute atomic E-state index is 12.8. The maximum atomic E-state index is 12.8. The number of nitrogens with one attached hydrogen (secondary N) is 1. The number of hydrogen-bond acceptors (Lipinski definition) is 24. The van der Waals surface area contributed by atoms with Gasteiger partial charge in [0.25, 0.3) is 33.7 Å². The fraction of sp³-hybridized carbons (Fsp3) is 0.269. The van der Waals surface area contributed by atoms with Gasteiger partial charge in [-0.1, -0.05) is 37.8 Å². The molecule has 13 aromatic rings. The molecule has 8 aromatic carbocycles. The van der Waals surface area contributed by atoms with Gasteiger partial charge < -0.3 is 90.6 Å². The van der Waals surface area contributed by atoms with E-state index in [2.05, 4.69) is 55.5 Å². The van der Waals surface area contributed by atoms with E-state index in [4.69, 9.17) is 33.2 Å². The predicted molar refractivity (Wildman–Crippen MR) is 500 cm³/mol. The fourth-order valence-electron chi connectivity index (χ4n) is 13.8. The number of amides is 1. The Morgan fingerprint density at radius 2 is 0.651 bits per heavy atom. The van der Waals surface area contributed by atoms with E-state index in [1.54, 1.807) is 189 Å². The predicted octanol–water partition coefficient (Wildman–Crippen LogP) is 12.9. The van der Waals surface area contributed by atoms with Crippen molar-refractivity contribution in [3.05, 3.63) is 265 Å². The molecule has 0 saturated carbocycles. The normalized spacial score (nSPS) is 10.6. The molecular formula is C93H103BBrN10O20S. The summed E-state index contributed by atoms with van der Waals surface area (Å²) in [6.07, 6.45) is 8.71. The fourth-order valence-corrected chi connectivity index (χ4v) is 14.5. The van der Waals surface area contributed by atoms with Crippen molar-refractivity contribution in [3.8, 4) is 67.9 Å². The molecule has 0 atom stereocenters. The molecule has 661 valence electrons.